The zero-order valence-electron chi connectivity index (χ0n) is 6.02. The van der Waals surface area contributed by atoms with E-state index in [4.69, 9.17) is 0 Å². The summed E-state index contributed by atoms with van der Waals surface area (Å²) in [7, 11) is 4.06. The van der Waals surface area contributed by atoms with E-state index >= 15 is 0 Å². The number of rotatable bonds is 2. The second-order valence-corrected chi connectivity index (χ2v) is 1.73. The Hall–Kier alpha value is 0.167. The summed E-state index contributed by atoms with van der Waals surface area (Å²) in [5, 5.41) is 0. The summed E-state index contributed by atoms with van der Waals surface area (Å²) in [6.07, 6.45) is 3.82. The Morgan fingerprint density at radius 3 is 2.12 bits per heavy atom. The molecule has 0 fully saturated rings. The maximum Gasteiger partial charge on any atom is 1.00 e. The maximum atomic E-state index is 3.55. The smallest absolute Gasteiger partial charge is 0.322 e. The third-order valence-corrected chi connectivity index (χ3v) is 0.637. The number of hydrogen-bond acceptors (Lipinski definition) is 1. The average Bonchev–Trinajstić information content (AvgIpc) is 1.61. The molecule has 0 amide bonds. The van der Waals surface area contributed by atoms with Crippen LogP contribution in [0.4, 0.5) is 0 Å². The zero-order valence-corrected chi connectivity index (χ0v) is 6.02. The topological polar surface area (TPSA) is 3.24 Å². The van der Waals surface area contributed by atoms with E-state index in [-0.39, 0.29) is 18.9 Å². The Balaban J connectivity index is 0. The molecule has 0 rings (SSSR count). The molecule has 0 spiro atoms. The number of hydrogen-bond donors (Lipinski definition) is 0. The fraction of sp³-hybridized carbons (Fsp3) is 0.500. The molecule has 0 radical (unpaired) electrons. The van der Waals surface area contributed by atoms with E-state index in [2.05, 4.69) is 11.8 Å². The van der Waals surface area contributed by atoms with E-state index in [1.807, 2.05) is 20.2 Å². The van der Waals surface area contributed by atoms with Crippen LogP contribution in [0.15, 0.2) is 12.2 Å². The number of allylic oxidation sites excluding steroid dienone is 1. The zero-order chi connectivity index (χ0) is 5.70. The van der Waals surface area contributed by atoms with Crippen molar-refractivity contribution in [2.45, 2.75) is 0 Å². The van der Waals surface area contributed by atoms with Crippen LogP contribution in [0.3, 0.4) is 0 Å². The molecule has 2 heteroatoms. The van der Waals surface area contributed by atoms with Crippen LogP contribution in [0.5, 0.6) is 0 Å². The number of nitrogens with zero attached hydrogens (tertiary/aromatic N) is 1. The van der Waals surface area contributed by atoms with Gasteiger partial charge in [0.25, 0.3) is 0 Å². The van der Waals surface area contributed by atoms with Crippen molar-refractivity contribution in [1.29, 1.82) is 0 Å². The standard InChI is InChI=1S/C6H12N.Li/c1-4-5-6-7(2)3;/h4-5H,1,6H2,2-3H3;/q-1;+1. The number of likely N-dealkylation sites (N-methyl/N-ethyl adjacent to an activating group) is 1. The first-order chi connectivity index (χ1) is 3.27. The fourth-order valence-electron chi connectivity index (χ4n) is 0.285. The molecule has 0 aliphatic carbocycles. The third kappa shape index (κ3) is 9.48. The Labute approximate surface area is 63.9 Å². The largest absolute Gasteiger partial charge is 1.00 e. The normalized spacial score (nSPS) is 9.88. The second-order valence-electron chi connectivity index (χ2n) is 1.73. The van der Waals surface area contributed by atoms with Gasteiger partial charge in [0.1, 0.15) is 0 Å². The first-order valence-corrected chi connectivity index (χ1v) is 2.36. The maximum absolute atomic E-state index is 3.55. The molecule has 0 aromatic rings. The SMILES string of the molecule is [CH2-]C=CCN(C)C.[Li+]. The first kappa shape index (κ1) is 11.0. The van der Waals surface area contributed by atoms with Crippen molar-refractivity contribution in [3.05, 3.63) is 19.1 Å². The molecule has 0 aromatic heterocycles. The summed E-state index contributed by atoms with van der Waals surface area (Å²) in [6.45, 7) is 4.54. The second kappa shape index (κ2) is 7.17. The van der Waals surface area contributed by atoms with Gasteiger partial charge in [-0.3, -0.25) is 0 Å². The van der Waals surface area contributed by atoms with Gasteiger partial charge in [0.05, 0.1) is 0 Å². The van der Waals surface area contributed by atoms with Crippen molar-refractivity contribution in [3.63, 3.8) is 0 Å². The van der Waals surface area contributed by atoms with Crippen molar-refractivity contribution < 1.29 is 18.9 Å². The molecule has 0 unspecified atom stereocenters. The minimum Gasteiger partial charge on any atom is -0.322 e. The molecule has 0 aliphatic heterocycles. The average molecular weight is 105 g/mol. The summed E-state index contributed by atoms with van der Waals surface area (Å²) in [5.41, 5.74) is 0. The Bertz CT molecular complexity index is 59.5. The van der Waals surface area contributed by atoms with E-state index < -0.39 is 0 Å². The van der Waals surface area contributed by atoms with Crippen LogP contribution in [0, 0.1) is 6.92 Å². The molecule has 0 aromatic carbocycles. The molecule has 0 saturated heterocycles. The summed E-state index contributed by atoms with van der Waals surface area (Å²) < 4.78 is 0. The van der Waals surface area contributed by atoms with E-state index in [9.17, 15) is 0 Å². The molecule has 8 heavy (non-hydrogen) atoms. The predicted molar refractivity (Wildman–Crippen MR) is 33.1 cm³/mol. The van der Waals surface area contributed by atoms with Crippen LogP contribution in [-0.2, 0) is 0 Å². The minimum atomic E-state index is 0. The van der Waals surface area contributed by atoms with Gasteiger partial charge in [-0.25, -0.2) is 19.1 Å². The van der Waals surface area contributed by atoms with Crippen LogP contribution >= 0.6 is 0 Å². The van der Waals surface area contributed by atoms with Crippen molar-refractivity contribution in [2.75, 3.05) is 20.6 Å². The van der Waals surface area contributed by atoms with Crippen LogP contribution in [0.1, 0.15) is 0 Å². The molecule has 1 nitrogen and oxygen atoms in total. The van der Waals surface area contributed by atoms with Gasteiger partial charge in [-0.05, 0) is 20.6 Å². The molecule has 0 saturated carbocycles. The van der Waals surface area contributed by atoms with Crippen molar-refractivity contribution in [1.82, 2.24) is 4.90 Å². The summed E-state index contributed by atoms with van der Waals surface area (Å²) in [5.74, 6) is 0. The van der Waals surface area contributed by atoms with Gasteiger partial charge in [-0.2, -0.15) is 0 Å². The molecule has 0 bridgehead atoms. The van der Waals surface area contributed by atoms with E-state index in [1.165, 1.54) is 0 Å². The van der Waals surface area contributed by atoms with Gasteiger partial charge >= 0.3 is 18.9 Å². The van der Waals surface area contributed by atoms with Crippen LogP contribution in [0.2, 0.25) is 0 Å². The monoisotopic (exact) mass is 105 g/mol. The van der Waals surface area contributed by atoms with Crippen LogP contribution in [0.25, 0.3) is 0 Å². The molecule has 0 atom stereocenters. The Kier molecular flexibility index (Phi) is 9.88. The molecular formula is C6H12LiN. The molecule has 0 N–H and O–H groups in total. The van der Waals surface area contributed by atoms with Gasteiger partial charge in [-0.15, -0.1) is 0 Å². The predicted octanol–water partition coefficient (Wildman–Crippen LogP) is -2.06. The van der Waals surface area contributed by atoms with Crippen molar-refractivity contribution >= 4 is 0 Å². The van der Waals surface area contributed by atoms with E-state index in [1.54, 1.807) is 6.08 Å². The van der Waals surface area contributed by atoms with Crippen molar-refractivity contribution in [2.24, 2.45) is 0 Å². The summed E-state index contributed by atoms with van der Waals surface area (Å²) in [6, 6.07) is 0. The molecular weight excluding hydrogens is 93.0 g/mol. The third-order valence-electron chi connectivity index (χ3n) is 0.637. The van der Waals surface area contributed by atoms with E-state index in [0.29, 0.717) is 0 Å². The minimum absolute atomic E-state index is 0. The van der Waals surface area contributed by atoms with Crippen LogP contribution < -0.4 is 18.9 Å². The summed E-state index contributed by atoms with van der Waals surface area (Å²) >= 11 is 0. The Morgan fingerprint density at radius 1 is 1.50 bits per heavy atom. The molecule has 0 heterocycles. The van der Waals surface area contributed by atoms with Crippen LogP contribution in [-0.4, -0.2) is 25.5 Å². The van der Waals surface area contributed by atoms with Crippen molar-refractivity contribution in [3.8, 4) is 0 Å². The summed E-state index contributed by atoms with van der Waals surface area (Å²) in [4.78, 5) is 2.08. The quantitative estimate of drug-likeness (QED) is 0.288. The fourth-order valence-corrected chi connectivity index (χ4v) is 0.285. The van der Waals surface area contributed by atoms with Gasteiger partial charge in [0.15, 0.2) is 0 Å². The van der Waals surface area contributed by atoms with Gasteiger partial charge in [0.2, 0.25) is 0 Å². The molecule has 42 valence electrons. The van der Waals surface area contributed by atoms with Gasteiger partial charge < -0.3 is 4.90 Å². The van der Waals surface area contributed by atoms with E-state index in [0.717, 1.165) is 6.54 Å². The van der Waals surface area contributed by atoms with Gasteiger partial charge in [0, 0.05) is 0 Å². The molecule has 0 aliphatic rings. The Morgan fingerprint density at radius 2 is 2.00 bits per heavy atom. The van der Waals surface area contributed by atoms with Gasteiger partial charge in [-0.1, -0.05) is 0 Å². The first-order valence-electron chi connectivity index (χ1n) is 2.36.